The van der Waals surface area contributed by atoms with Crippen LogP contribution in [0.1, 0.15) is 73.6 Å². The van der Waals surface area contributed by atoms with Gasteiger partial charge >= 0.3 is 17.9 Å². The minimum absolute atomic E-state index is 0.114. The van der Waals surface area contributed by atoms with Gasteiger partial charge in [0.1, 0.15) is 12.2 Å². The number of Topliss-reactive ketones (excluding diaryl/α,β-unsaturated/α-hetero) is 1. The van der Waals surface area contributed by atoms with E-state index in [1.54, 1.807) is 32.9 Å². The Morgan fingerprint density at radius 3 is 2.43 bits per heavy atom. The molecule has 0 aliphatic heterocycles. The standard InChI is InChI=1S/C27H40O8/c1-8-9-23(30)35-21-13-11-15(2)10-12-19(16(3)26(32)33-7)25(31)24-17(4)20(29)14-22(27(21,24)6)34-18(5)28/h10,12,16-17,20-22,24,29H,8-9,11,13-14H2,1-7H3/t16-,17-,20-,21+,22+,24-,27+/m1/s1. The number of ether oxygens (including phenoxy) is 3. The summed E-state index contributed by atoms with van der Waals surface area (Å²) >= 11 is 0. The molecule has 0 aromatic rings. The third-order valence-electron chi connectivity index (χ3n) is 7.62. The van der Waals surface area contributed by atoms with Gasteiger partial charge in [-0.3, -0.25) is 19.2 Å². The van der Waals surface area contributed by atoms with Crippen LogP contribution in [-0.2, 0) is 33.4 Å². The molecular weight excluding hydrogens is 452 g/mol. The topological polar surface area (TPSA) is 116 Å². The summed E-state index contributed by atoms with van der Waals surface area (Å²) in [5.74, 6) is -4.10. The lowest BCUT2D eigenvalue weighted by molar-refractivity contribution is -0.205. The molecule has 2 rings (SSSR count). The van der Waals surface area contributed by atoms with E-state index in [9.17, 15) is 24.3 Å². The zero-order valence-corrected chi connectivity index (χ0v) is 22.0. The zero-order valence-electron chi connectivity index (χ0n) is 22.0. The van der Waals surface area contributed by atoms with Gasteiger partial charge in [0, 0.05) is 31.3 Å². The number of aliphatic hydroxyl groups excluding tert-OH is 1. The minimum Gasteiger partial charge on any atom is -0.469 e. The smallest absolute Gasteiger partial charge is 0.312 e. The fraction of sp³-hybridized carbons (Fsp3) is 0.704. The van der Waals surface area contributed by atoms with Gasteiger partial charge in [0.2, 0.25) is 0 Å². The summed E-state index contributed by atoms with van der Waals surface area (Å²) in [4.78, 5) is 51.4. The van der Waals surface area contributed by atoms with Crippen LogP contribution in [0.25, 0.3) is 0 Å². The van der Waals surface area contributed by atoms with Gasteiger partial charge in [0.15, 0.2) is 5.78 Å². The Bertz CT molecular complexity index is 888. The van der Waals surface area contributed by atoms with E-state index in [2.05, 4.69) is 0 Å². The lowest BCUT2D eigenvalue weighted by Crippen LogP contribution is -2.61. The molecule has 0 aromatic carbocycles. The second-order valence-electron chi connectivity index (χ2n) is 10.1. The Labute approximate surface area is 208 Å². The van der Waals surface area contributed by atoms with Crippen LogP contribution >= 0.6 is 0 Å². The molecule has 0 amide bonds. The summed E-state index contributed by atoms with van der Waals surface area (Å²) in [5.41, 5.74) is 0.0616. The second kappa shape index (κ2) is 12.0. The molecule has 1 fully saturated rings. The van der Waals surface area contributed by atoms with Gasteiger partial charge in [-0.1, -0.05) is 38.5 Å². The maximum Gasteiger partial charge on any atom is 0.312 e. The number of fused-ring (bicyclic) bond motifs is 1. The number of hydrogen-bond acceptors (Lipinski definition) is 8. The maximum atomic E-state index is 14.2. The predicted molar refractivity (Wildman–Crippen MR) is 129 cm³/mol. The minimum atomic E-state index is -1.13. The third kappa shape index (κ3) is 6.21. The first-order chi connectivity index (χ1) is 16.4. The third-order valence-corrected chi connectivity index (χ3v) is 7.62. The van der Waals surface area contributed by atoms with E-state index in [1.165, 1.54) is 14.0 Å². The Hall–Kier alpha value is -2.48. The van der Waals surface area contributed by atoms with Gasteiger partial charge in [-0.2, -0.15) is 0 Å². The van der Waals surface area contributed by atoms with Crippen LogP contribution in [0.3, 0.4) is 0 Å². The fourth-order valence-corrected chi connectivity index (χ4v) is 5.50. The van der Waals surface area contributed by atoms with Gasteiger partial charge in [-0.25, -0.2) is 0 Å². The number of ketones is 1. The normalized spacial score (nSPS) is 32.3. The lowest BCUT2D eigenvalue weighted by Gasteiger charge is -2.53. The van der Waals surface area contributed by atoms with Crippen molar-refractivity contribution in [2.75, 3.05) is 7.11 Å². The van der Waals surface area contributed by atoms with E-state index in [-0.39, 0.29) is 30.2 Å². The Balaban J connectivity index is 2.76. The van der Waals surface area contributed by atoms with Crippen LogP contribution < -0.4 is 0 Å². The number of rotatable bonds is 6. The van der Waals surface area contributed by atoms with Gasteiger partial charge in [0.25, 0.3) is 0 Å². The summed E-state index contributed by atoms with van der Waals surface area (Å²) in [7, 11) is 1.27. The van der Waals surface area contributed by atoms with Crippen LogP contribution in [0.4, 0.5) is 0 Å². The fourth-order valence-electron chi connectivity index (χ4n) is 5.50. The van der Waals surface area contributed by atoms with Crippen molar-refractivity contribution in [1.82, 2.24) is 0 Å². The van der Waals surface area contributed by atoms with E-state index in [1.807, 2.05) is 13.8 Å². The summed E-state index contributed by atoms with van der Waals surface area (Å²) in [6, 6.07) is 0. The molecule has 1 saturated carbocycles. The highest BCUT2D eigenvalue weighted by molar-refractivity contribution is 6.02. The van der Waals surface area contributed by atoms with Crippen LogP contribution in [0.5, 0.6) is 0 Å². The van der Waals surface area contributed by atoms with E-state index in [4.69, 9.17) is 14.2 Å². The van der Waals surface area contributed by atoms with Crippen LogP contribution in [0, 0.1) is 23.2 Å². The molecule has 196 valence electrons. The van der Waals surface area contributed by atoms with Crippen molar-refractivity contribution in [2.45, 2.75) is 92.0 Å². The molecule has 0 radical (unpaired) electrons. The summed E-state index contributed by atoms with van der Waals surface area (Å²) in [6.45, 7) is 10.2. The predicted octanol–water partition coefficient (Wildman–Crippen LogP) is 3.70. The Morgan fingerprint density at radius 1 is 1.20 bits per heavy atom. The van der Waals surface area contributed by atoms with Gasteiger partial charge in [-0.15, -0.1) is 0 Å². The number of carbonyl (C=O) groups excluding carboxylic acids is 4. The van der Waals surface area contributed by atoms with Crippen molar-refractivity contribution in [3.8, 4) is 0 Å². The maximum absolute atomic E-state index is 14.2. The van der Waals surface area contributed by atoms with Crippen molar-refractivity contribution in [3.63, 3.8) is 0 Å². The van der Waals surface area contributed by atoms with Gasteiger partial charge in [0.05, 0.1) is 24.5 Å². The van der Waals surface area contributed by atoms with Crippen molar-refractivity contribution in [3.05, 3.63) is 23.3 Å². The zero-order chi connectivity index (χ0) is 26.5. The molecule has 8 nitrogen and oxygen atoms in total. The quantitative estimate of drug-likeness (QED) is 0.441. The highest BCUT2D eigenvalue weighted by Crippen LogP contribution is 2.52. The summed E-state index contributed by atoms with van der Waals surface area (Å²) in [5, 5.41) is 10.9. The van der Waals surface area contributed by atoms with Crippen molar-refractivity contribution in [2.24, 2.45) is 23.2 Å². The monoisotopic (exact) mass is 492 g/mol. The molecule has 7 atom stereocenters. The Kier molecular flexibility index (Phi) is 9.84. The van der Waals surface area contributed by atoms with Crippen molar-refractivity contribution < 1.29 is 38.5 Å². The number of carbonyl (C=O) groups is 4. The molecule has 0 heterocycles. The summed E-state index contributed by atoms with van der Waals surface area (Å²) in [6.07, 6.45) is 2.85. The average Bonchev–Trinajstić information content (AvgIpc) is 2.78. The molecule has 8 heteroatoms. The summed E-state index contributed by atoms with van der Waals surface area (Å²) < 4.78 is 16.6. The van der Waals surface area contributed by atoms with Crippen LogP contribution in [0.15, 0.2) is 23.3 Å². The van der Waals surface area contributed by atoms with E-state index >= 15 is 0 Å². The molecule has 1 N–H and O–H groups in total. The molecule has 0 saturated heterocycles. The first-order valence-electron chi connectivity index (χ1n) is 12.4. The van der Waals surface area contributed by atoms with Crippen molar-refractivity contribution in [1.29, 1.82) is 0 Å². The van der Waals surface area contributed by atoms with Crippen molar-refractivity contribution >= 4 is 23.7 Å². The molecule has 0 bridgehead atoms. The molecule has 2 aliphatic carbocycles. The number of esters is 3. The average molecular weight is 493 g/mol. The number of methoxy groups -OCH3 is 1. The van der Waals surface area contributed by atoms with Crippen LogP contribution in [-0.4, -0.2) is 54.2 Å². The SMILES string of the molecule is CCCC(=O)O[C@H]1CCC(C)=CC=C([C@@H](C)C(=O)OC)C(=O)[C@H]2[C@H](C)[C@H](O)C[C@H](OC(C)=O)[C@]12C. The van der Waals surface area contributed by atoms with Gasteiger partial charge in [-0.05, 0) is 39.0 Å². The van der Waals surface area contributed by atoms with E-state index < -0.39 is 53.4 Å². The number of allylic oxidation sites excluding steroid dienone is 3. The molecule has 0 aromatic heterocycles. The molecular formula is C27H40O8. The van der Waals surface area contributed by atoms with E-state index in [0.29, 0.717) is 19.3 Å². The first kappa shape index (κ1) is 28.8. The molecule has 0 unspecified atom stereocenters. The molecule has 0 spiro atoms. The van der Waals surface area contributed by atoms with Crippen LogP contribution in [0.2, 0.25) is 0 Å². The largest absolute Gasteiger partial charge is 0.469 e. The number of hydrogen-bond donors (Lipinski definition) is 1. The molecule has 35 heavy (non-hydrogen) atoms. The second-order valence-corrected chi connectivity index (χ2v) is 10.1. The van der Waals surface area contributed by atoms with E-state index in [0.717, 1.165) is 5.57 Å². The van der Waals surface area contributed by atoms with Gasteiger partial charge < -0.3 is 19.3 Å². The highest BCUT2D eigenvalue weighted by Gasteiger charge is 2.60. The molecule has 2 aliphatic rings. The lowest BCUT2D eigenvalue weighted by atomic mass is 9.54. The number of aliphatic hydroxyl groups is 1. The highest BCUT2D eigenvalue weighted by atomic mass is 16.6. The Morgan fingerprint density at radius 2 is 1.86 bits per heavy atom. The first-order valence-corrected chi connectivity index (χ1v) is 12.4.